The van der Waals surface area contributed by atoms with E-state index in [1.807, 2.05) is 6.08 Å². The summed E-state index contributed by atoms with van der Waals surface area (Å²) < 4.78 is 0. The Labute approximate surface area is 93.9 Å². The number of carbonyl (C=O) groups excluding carboxylic acids is 1. The Morgan fingerprint density at radius 3 is 2.07 bits per heavy atom. The summed E-state index contributed by atoms with van der Waals surface area (Å²) in [5.74, 6) is 0.565. The maximum atomic E-state index is 11.8. The summed E-state index contributed by atoms with van der Waals surface area (Å²) in [6.07, 6.45) is 13.9. The monoisotopic (exact) mass is 208 g/mol. The van der Waals surface area contributed by atoms with Crippen LogP contribution in [0.15, 0.2) is 12.7 Å². The maximum absolute atomic E-state index is 11.8. The lowest BCUT2D eigenvalue weighted by Crippen LogP contribution is -2.12. The summed E-state index contributed by atoms with van der Waals surface area (Å²) in [6.45, 7) is 3.78. The highest BCUT2D eigenvalue weighted by atomic mass is 16.1. The molecule has 86 valence electrons. The van der Waals surface area contributed by atoms with Gasteiger partial charge in [-0.05, 0) is 12.8 Å². The number of rotatable bonds is 1. The van der Waals surface area contributed by atoms with E-state index in [0.717, 1.165) is 19.3 Å². The molecule has 1 rings (SSSR count). The predicted octanol–water partition coefficient (Wildman–Crippen LogP) is 4.27. The van der Waals surface area contributed by atoms with E-state index in [4.69, 9.17) is 0 Å². The molecule has 1 nitrogen and oxygen atoms in total. The molecule has 1 fully saturated rings. The smallest absolute Gasteiger partial charge is 0.139 e. The van der Waals surface area contributed by atoms with Crippen molar-refractivity contribution in [2.75, 3.05) is 0 Å². The second-order valence-electron chi connectivity index (χ2n) is 4.68. The van der Waals surface area contributed by atoms with Crippen LogP contribution >= 0.6 is 0 Å². The summed E-state index contributed by atoms with van der Waals surface area (Å²) in [5, 5.41) is 0. The van der Waals surface area contributed by atoms with Gasteiger partial charge in [-0.25, -0.2) is 0 Å². The lowest BCUT2D eigenvalue weighted by Gasteiger charge is -2.12. The Kier molecular flexibility index (Phi) is 6.38. The molecule has 0 aromatic carbocycles. The number of Topliss-reactive ketones (excluding diaryl/α,β-unsaturated/α-hetero) is 1. The molecule has 15 heavy (non-hydrogen) atoms. The molecule has 0 aromatic heterocycles. The molecule has 0 spiro atoms. The fourth-order valence-electron chi connectivity index (χ4n) is 2.32. The van der Waals surface area contributed by atoms with Crippen LogP contribution in [-0.4, -0.2) is 5.78 Å². The van der Waals surface area contributed by atoms with Gasteiger partial charge in [0.05, 0.1) is 0 Å². The maximum Gasteiger partial charge on any atom is 0.139 e. The molecule has 1 aliphatic carbocycles. The molecule has 0 bridgehead atoms. The molecule has 0 radical (unpaired) electrons. The first-order chi connectivity index (χ1) is 7.34. The number of hydrogen-bond donors (Lipinski definition) is 0. The predicted molar refractivity (Wildman–Crippen MR) is 64.9 cm³/mol. The number of allylic oxidation sites excluding steroid dienone is 1. The van der Waals surface area contributed by atoms with Crippen LogP contribution in [-0.2, 0) is 4.79 Å². The lowest BCUT2D eigenvalue weighted by molar-refractivity contribution is -0.121. The van der Waals surface area contributed by atoms with Crippen LogP contribution in [0.25, 0.3) is 0 Å². The van der Waals surface area contributed by atoms with Gasteiger partial charge in [-0.3, -0.25) is 4.79 Å². The van der Waals surface area contributed by atoms with E-state index in [1.54, 1.807) is 0 Å². The first-order valence-corrected chi connectivity index (χ1v) is 6.50. The highest BCUT2D eigenvalue weighted by Gasteiger charge is 2.14. The fraction of sp³-hybridized carbons (Fsp3) is 0.786. The standard InChI is InChI=1S/C14H24O/c1-2-13-11-9-7-5-3-4-6-8-10-12-14(13)15/h2,13H,1,3-12H2. The zero-order valence-electron chi connectivity index (χ0n) is 9.84. The van der Waals surface area contributed by atoms with Crippen LogP contribution in [0.1, 0.15) is 64.2 Å². The Bertz CT molecular complexity index is 196. The molecule has 1 aliphatic rings. The molecule has 1 unspecified atom stereocenters. The van der Waals surface area contributed by atoms with Gasteiger partial charge in [0.15, 0.2) is 0 Å². The van der Waals surface area contributed by atoms with Crippen LogP contribution in [0.4, 0.5) is 0 Å². The summed E-state index contributed by atoms with van der Waals surface area (Å²) in [4.78, 5) is 11.8. The van der Waals surface area contributed by atoms with Crippen molar-refractivity contribution in [2.45, 2.75) is 64.2 Å². The van der Waals surface area contributed by atoms with Crippen LogP contribution < -0.4 is 0 Å². The third-order valence-electron chi connectivity index (χ3n) is 3.39. The molecule has 1 saturated carbocycles. The van der Waals surface area contributed by atoms with Crippen molar-refractivity contribution in [3.63, 3.8) is 0 Å². The van der Waals surface area contributed by atoms with Gasteiger partial charge in [0, 0.05) is 12.3 Å². The van der Waals surface area contributed by atoms with Crippen LogP contribution in [0.3, 0.4) is 0 Å². The first kappa shape index (κ1) is 12.5. The lowest BCUT2D eigenvalue weighted by atomic mass is 9.92. The van der Waals surface area contributed by atoms with Gasteiger partial charge >= 0.3 is 0 Å². The molecule has 0 heterocycles. The van der Waals surface area contributed by atoms with E-state index >= 15 is 0 Å². The van der Waals surface area contributed by atoms with E-state index in [0.29, 0.717) is 5.78 Å². The zero-order valence-corrected chi connectivity index (χ0v) is 9.84. The van der Waals surface area contributed by atoms with Gasteiger partial charge < -0.3 is 0 Å². The van der Waals surface area contributed by atoms with E-state index < -0.39 is 0 Å². The average molecular weight is 208 g/mol. The largest absolute Gasteiger partial charge is 0.299 e. The second-order valence-corrected chi connectivity index (χ2v) is 4.68. The minimum Gasteiger partial charge on any atom is -0.299 e. The van der Waals surface area contributed by atoms with E-state index in [1.165, 1.54) is 44.9 Å². The van der Waals surface area contributed by atoms with Gasteiger partial charge in [-0.15, -0.1) is 6.58 Å². The Morgan fingerprint density at radius 1 is 0.933 bits per heavy atom. The second kappa shape index (κ2) is 7.67. The highest BCUT2D eigenvalue weighted by Crippen LogP contribution is 2.19. The molecule has 0 saturated heterocycles. The third-order valence-corrected chi connectivity index (χ3v) is 3.39. The molecule has 0 aliphatic heterocycles. The zero-order chi connectivity index (χ0) is 10.9. The SMILES string of the molecule is C=CC1CCCCCCCCCCC1=O. The molecule has 1 atom stereocenters. The van der Waals surface area contributed by atoms with Crippen LogP contribution in [0.5, 0.6) is 0 Å². The highest BCUT2D eigenvalue weighted by molar-refractivity contribution is 5.82. The van der Waals surface area contributed by atoms with Crippen LogP contribution in [0.2, 0.25) is 0 Å². The quantitative estimate of drug-likeness (QED) is 0.588. The van der Waals surface area contributed by atoms with Crippen molar-refractivity contribution >= 4 is 5.78 Å². The van der Waals surface area contributed by atoms with Crippen molar-refractivity contribution in [2.24, 2.45) is 5.92 Å². The molecule has 0 amide bonds. The van der Waals surface area contributed by atoms with Gasteiger partial charge in [-0.1, -0.05) is 51.0 Å². The molecular weight excluding hydrogens is 184 g/mol. The first-order valence-electron chi connectivity index (χ1n) is 6.50. The van der Waals surface area contributed by atoms with Crippen molar-refractivity contribution in [1.82, 2.24) is 0 Å². The summed E-state index contributed by atoms with van der Waals surface area (Å²) in [7, 11) is 0. The molecule has 0 aromatic rings. The van der Waals surface area contributed by atoms with Crippen molar-refractivity contribution < 1.29 is 4.79 Å². The summed E-state index contributed by atoms with van der Waals surface area (Å²) in [6, 6.07) is 0. The number of ketones is 1. The van der Waals surface area contributed by atoms with Crippen molar-refractivity contribution in [3.8, 4) is 0 Å². The summed E-state index contributed by atoms with van der Waals surface area (Å²) in [5.41, 5.74) is 0. The minimum absolute atomic E-state index is 0.143. The molecule has 0 N–H and O–H groups in total. The van der Waals surface area contributed by atoms with Crippen LogP contribution in [0, 0.1) is 5.92 Å². The van der Waals surface area contributed by atoms with E-state index in [-0.39, 0.29) is 5.92 Å². The Morgan fingerprint density at radius 2 is 1.47 bits per heavy atom. The minimum atomic E-state index is 0.143. The van der Waals surface area contributed by atoms with Gasteiger partial charge in [0.25, 0.3) is 0 Å². The van der Waals surface area contributed by atoms with Gasteiger partial charge in [0.1, 0.15) is 5.78 Å². The Hall–Kier alpha value is -0.590. The van der Waals surface area contributed by atoms with E-state index in [2.05, 4.69) is 6.58 Å². The fourth-order valence-corrected chi connectivity index (χ4v) is 2.32. The molecular formula is C14H24O. The number of carbonyl (C=O) groups is 1. The molecule has 1 heteroatoms. The number of hydrogen-bond acceptors (Lipinski definition) is 1. The van der Waals surface area contributed by atoms with Crippen molar-refractivity contribution in [1.29, 1.82) is 0 Å². The normalized spacial score (nSPS) is 26.4. The third kappa shape index (κ3) is 5.15. The summed E-state index contributed by atoms with van der Waals surface area (Å²) >= 11 is 0. The van der Waals surface area contributed by atoms with Gasteiger partial charge in [0.2, 0.25) is 0 Å². The Balaban J connectivity index is 2.37. The topological polar surface area (TPSA) is 17.1 Å². The van der Waals surface area contributed by atoms with Gasteiger partial charge in [-0.2, -0.15) is 0 Å². The van der Waals surface area contributed by atoms with Crippen molar-refractivity contribution in [3.05, 3.63) is 12.7 Å². The van der Waals surface area contributed by atoms with E-state index in [9.17, 15) is 4.79 Å². The average Bonchev–Trinajstić information content (AvgIpc) is 2.23.